The Hall–Kier alpha value is -3.07. The van der Waals surface area contributed by atoms with Gasteiger partial charge in [0.15, 0.2) is 10.9 Å². The summed E-state index contributed by atoms with van der Waals surface area (Å²) >= 11 is 1.52. The number of furan rings is 1. The van der Waals surface area contributed by atoms with Crippen LogP contribution in [0.15, 0.2) is 52.2 Å². The fraction of sp³-hybridized carbons (Fsp3) is 0.440. The van der Waals surface area contributed by atoms with Crippen molar-refractivity contribution >= 4 is 35.1 Å². The number of hydrogen-bond donors (Lipinski definition) is 1. The van der Waals surface area contributed by atoms with E-state index in [0.717, 1.165) is 30.0 Å². The van der Waals surface area contributed by atoms with Crippen LogP contribution in [-0.2, 0) is 11.3 Å². The van der Waals surface area contributed by atoms with Gasteiger partial charge in [-0.05, 0) is 61.6 Å². The zero-order chi connectivity index (χ0) is 24.1. The van der Waals surface area contributed by atoms with Crippen molar-refractivity contribution in [3.63, 3.8) is 0 Å². The molecule has 180 valence electrons. The first kappa shape index (κ1) is 24.1. The van der Waals surface area contributed by atoms with Gasteiger partial charge in [0, 0.05) is 36.5 Å². The third kappa shape index (κ3) is 6.08. The van der Waals surface area contributed by atoms with Crippen molar-refractivity contribution in [3.05, 3.63) is 54.0 Å². The summed E-state index contributed by atoms with van der Waals surface area (Å²) in [5.41, 5.74) is 1.30. The van der Waals surface area contributed by atoms with E-state index in [1.54, 1.807) is 30.5 Å². The van der Waals surface area contributed by atoms with E-state index in [2.05, 4.69) is 38.8 Å². The van der Waals surface area contributed by atoms with Gasteiger partial charge in [-0.3, -0.25) is 14.2 Å². The molecule has 1 saturated heterocycles. The smallest absolute Gasteiger partial charge is 0.228 e. The molecule has 1 fully saturated rings. The summed E-state index contributed by atoms with van der Waals surface area (Å²) in [4.78, 5) is 26.2. The predicted octanol–water partition coefficient (Wildman–Crippen LogP) is 4.73. The highest BCUT2D eigenvalue weighted by atomic mass is 32.2. The second kappa shape index (κ2) is 10.9. The van der Waals surface area contributed by atoms with Crippen molar-refractivity contribution in [1.29, 1.82) is 0 Å². The maximum atomic E-state index is 12.4. The SMILES string of the molecule is CC(=O)c1ccc(NC(=O)CCSc2nnc(N3CC(C)CC(C)C3)n2Cc2ccco2)cc1. The van der Waals surface area contributed by atoms with Crippen molar-refractivity contribution in [2.24, 2.45) is 11.8 Å². The Morgan fingerprint density at radius 2 is 1.85 bits per heavy atom. The van der Waals surface area contributed by atoms with Crippen LogP contribution in [0.5, 0.6) is 0 Å². The first-order chi connectivity index (χ1) is 16.4. The Morgan fingerprint density at radius 1 is 1.12 bits per heavy atom. The van der Waals surface area contributed by atoms with Crippen molar-refractivity contribution in [2.45, 2.75) is 45.3 Å². The fourth-order valence-electron chi connectivity index (χ4n) is 4.39. The summed E-state index contributed by atoms with van der Waals surface area (Å²) in [5.74, 6) is 3.38. The van der Waals surface area contributed by atoms with Crippen LogP contribution in [-0.4, -0.2) is 45.3 Å². The monoisotopic (exact) mass is 481 g/mol. The number of anilines is 2. The third-order valence-electron chi connectivity index (χ3n) is 5.88. The molecule has 1 aliphatic heterocycles. The molecule has 0 saturated carbocycles. The van der Waals surface area contributed by atoms with E-state index in [9.17, 15) is 9.59 Å². The van der Waals surface area contributed by atoms with E-state index < -0.39 is 0 Å². The van der Waals surface area contributed by atoms with Gasteiger partial charge in [0.05, 0.1) is 12.8 Å². The zero-order valence-corrected chi connectivity index (χ0v) is 20.7. The average Bonchev–Trinajstić information content (AvgIpc) is 3.44. The highest BCUT2D eigenvalue weighted by Crippen LogP contribution is 2.29. The Bertz CT molecular complexity index is 1100. The number of nitrogens with one attached hydrogen (secondary N) is 1. The number of thioether (sulfide) groups is 1. The van der Waals surface area contributed by atoms with E-state index in [0.29, 0.717) is 41.8 Å². The molecule has 1 aromatic carbocycles. The lowest BCUT2D eigenvalue weighted by Crippen LogP contribution is -2.40. The van der Waals surface area contributed by atoms with E-state index in [4.69, 9.17) is 4.42 Å². The number of amides is 1. The number of piperidine rings is 1. The largest absolute Gasteiger partial charge is 0.467 e. The van der Waals surface area contributed by atoms with Gasteiger partial charge < -0.3 is 14.6 Å². The second-order valence-corrected chi connectivity index (χ2v) is 10.1. The van der Waals surface area contributed by atoms with Gasteiger partial charge in [-0.25, -0.2) is 0 Å². The standard InChI is InChI=1S/C25H31N5O3S/c1-17-13-18(2)15-29(14-17)24-27-28-25(30(24)16-22-5-4-11-33-22)34-12-10-23(32)26-21-8-6-20(7-9-21)19(3)31/h4-9,11,17-18H,10,12-16H2,1-3H3,(H,26,32). The molecule has 4 rings (SSSR count). The Labute approximate surface area is 204 Å². The average molecular weight is 482 g/mol. The van der Waals surface area contributed by atoms with Crippen molar-refractivity contribution in [2.75, 3.05) is 29.1 Å². The Kier molecular flexibility index (Phi) is 7.72. The number of carbonyl (C=O) groups is 2. The molecular weight excluding hydrogens is 450 g/mol. The third-order valence-corrected chi connectivity index (χ3v) is 6.85. The van der Waals surface area contributed by atoms with Gasteiger partial charge >= 0.3 is 0 Å². The zero-order valence-electron chi connectivity index (χ0n) is 19.9. The molecule has 3 aromatic rings. The van der Waals surface area contributed by atoms with E-state index >= 15 is 0 Å². The normalized spacial score (nSPS) is 18.1. The number of nitrogens with zero attached hydrogens (tertiary/aromatic N) is 4. The lowest BCUT2D eigenvalue weighted by Gasteiger charge is -2.35. The lowest BCUT2D eigenvalue weighted by atomic mass is 9.92. The van der Waals surface area contributed by atoms with Gasteiger partial charge in [-0.15, -0.1) is 10.2 Å². The highest BCUT2D eigenvalue weighted by Gasteiger charge is 2.27. The molecule has 2 aromatic heterocycles. The van der Waals surface area contributed by atoms with Crippen molar-refractivity contribution < 1.29 is 14.0 Å². The van der Waals surface area contributed by atoms with Gasteiger partial charge in [-0.2, -0.15) is 0 Å². The molecule has 8 nitrogen and oxygen atoms in total. The molecule has 1 amide bonds. The maximum Gasteiger partial charge on any atom is 0.228 e. The van der Waals surface area contributed by atoms with Crippen molar-refractivity contribution in [3.8, 4) is 0 Å². The van der Waals surface area contributed by atoms with Gasteiger partial charge in [0.2, 0.25) is 11.9 Å². The van der Waals surface area contributed by atoms with E-state index in [1.807, 2.05) is 12.1 Å². The van der Waals surface area contributed by atoms with Crippen LogP contribution in [0, 0.1) is 11.8 Å². The number of benzene rings is 1. The summed E-state index contributed by atoms with van der Waals surface area (Å²) in [6, 6.07) is 10.7. The van der Waals surface area contributed by atoms with Gasteiger partial charge in [0.25, 0.3) is 0 Å². The highest BCUT2D eigenvalue weighted by molar-refractivity contribution is 7.99. The Balaban J connectivity index is 1.40. The first-order valence-corrected chi connectivity index (χ1v) is 12.6. The predicted molar refractivity (Wildman–Crippen MR) is 133 cm³/mol. The summed E-state index contributed by atoms with van der Waals surface area (Å²) in [5, 5.41) is 12.6. The quantitative estimate of drug-likeness (QED) is 0.349. The topological polar surface area (TPSA) is 93.3 Å². The van der Waals surface area contributed by atoms with Crippen molar-refractivity contribution in [1.82, 2.24) is 14.8 Å². The molecule has 2 unspecified atom stereocenters. The molecule has 0 radical (unpaired) electrons. The molecule has 0 bridgehead atoms. The molecule has 34 heavy (non-hydrogen) atoms. The number of ketones is 1. The molecule has 2 atom stereocenters. The minimum atomic E-state index is -0.0842. The minimum Gasteiger partial charge on any atom is -0.467 e. The minimum absolute atomic E-state index is 0.000717. The van der Waals surface area contributed by atoms with E-state index in [1.165, 1.54) is 25.1 Å². The van der Waals surface area contributed by atoms with Crippen LogP contribution >= 0.6 is 11.8 Å². The number of Topliss-reactive ketones (excluding diaryl/α,β-unsaturated/α-hetero) is 1. The summed E-state index contributed by atoms with van der Waals surface area (Å²) < 4.78 is 7.68. The molecule has 1 aliphatic rings. The van der Waals surface area contributed by atoms with Crippen LogP contribution in [0.1, 0.15) is 49.7 Å². The summed E-state index contributed by atoms with van der Waals surface area (Å²) in [6.07, 6.45) is 3.22. The van der Waals surface area contributed by atoms with Crippen LogP contribution in [0.25, 0.3) is 0 Å². The number of rotatable bonds is 9. The van der Waals surface area contributed by atoms with Gasteiger partial charge in [0.1, 0.15) is 5.76 Å². The molecular formula is C25H31N5O3S. The fourth-order valence-corrected chi connectivity index (χ4v) is 5.26. The number of hydrogen-bond acceptors (Lipinski definition) is 7. The van der Waals surface area contributed by atoms with Crippen LogP contribution < -0.4 is 10.2 Å². The molecule has 9 heteroatoms. The second-order valence-electron chi connectivity index (χ2n) is 9.08. The Morgan fingerprint density at radius 3 is 2.50 bits per heavy atom. The molecule has 3 heterocycles. The molecule has 0 aliphatic carbocycles. The van der Waals surface area contributed by atoms with Crippen LogP contribution in [0.4, 0.5) is 11.6 Å². The first-order valence-electron chi connectivity index (χ1n) is 11.6. The van der Waals surface area contributed by atoms with E-state index in [-0.39, 0.29) is 11.7 Å². The van der Waals surface area contributed by atoms with Gasteiger partial charge in [-0.1, -0.05) is 25.6 Å². The summed E-state index contributed by atoms with van der Waals surface area (Å²) in [7, 11) is 0. The number of aromatic nitrogens is 3. The van der Waals surface area contributed by atoms with Crippen LogP contribution in [0.2, 0.25) is 0 Å². The molecule has 1 N–H and O–H groups in total. The summed E-state index contributed by atoms with van der Waals surface area (Å²) in [6.45, 7) is 8.53. The molecule has 0 spiro atoms. The number of carbonyl (C=O) groups excluding carboxylic acids is 2. The van der Waals surface area contributed by atoms with Crippen LogP contribution in [0.3, 0.4) is 0 Å². The lowest BCUT2D eigenvalue weighted by molar-refractivity contribution is -0.115. The maximum absolute atomic E-state index is 12.4.